The molecule has 0 saturated carbocycles. The second kappa shape index (κ2) is 10.7. The fraction of sp³-hybridized carbons (Fsp3) is 0.318. The van der Waals surface area contributed by atoms with Crippen LogP contribution in [0.15, 0.2) is 42.5 Å². The number of rotatable bonds is 6. The number of hydrogen-bond acceptors (Lipinski definition) is 7. The zero-order valence-electron chi connectivity index (χ0n) is 17.5. The standard InChI is InChI=1S/C22H25N3O5S/c1-3-30-17-7-4-15(5-8-17)20(26)24-22(31)23-18-14-16(21(27)28-2)6-9-19(18)25-10-12-29-13-11-25/h4-9,14H,3,10-13H2,1-2H3,(H2,23,24,26,31). The van der Waals surface area contributed by atoms with E-state index in [0.717, 1.165) is 5.69 Å². The third-order valence-electron chi connectivity index (χ3n) is 4.67. The van der Waals surface area contributed by atoms with Crippen molar-refractivity contribution in [2.75, 3.05) is 50.2 Å². The van der Waals surface area contributed by atoms with Crippen LogP contribution in [-0.4, -0.2) is 57.0 Å². The lowest BCUT2D eigenvalue weighted by atomic mass is 10.1. The molecule has 9 heteroatoms. The Balaban J connectivity index is 1.74. The molecule has 0 spiro atoms. The molecule has 164 valence electrons. The first kappa shape index (κ1) is 22.5. The third-order valence-corrected chi connectivity index (χ3v) is 4.88. The molecule has 0 atom stereocenters. The molecule has 2 N–H and O–H groups in total. The number of nitrogens with one attached hydrogen (secondary N) is 2. The van der Waals surface area contributed by atoms with Crippen molar-refractivity contribution >= 4 is 40.6 Å². The lowest BCUT2D eigenvalue weighted by Crippen LogP contribution is -2.38. The predicted octanol–water partition coefficient (Wildman–Crippen LogP) is 2.84. The van der Waals surface area contributed by atoms with Gasteiger partial charge in [-0.15, -0.1) is 0 Å². The number of esters is 1. The highest BCUT2D eigenvalue weighted by atomic mass is 32.1. The minimum atomic E-state index is -0.457. The molecule has 0 aliphatic carbocycles. The molecular weight excluding hydrogens is 418 g/mol. The molecule has 2 aromatic rings. The van der Waals surface area contributed by atoms with E-state index < -0.39 is 5.97 Å². The summed E-state index contributed by atoms with van der Waals surface area (Å²) in [6.07, 6.45) is 0. The van der Waals surface area contributed by atoms with Gasteiger partial charge in [0.2, 0.25) is 0 Å². The lowest BCUT2D eigenvalue weighted by molar-refractivity contribution is 0.0600. The Bertz CT molecular complexity index is 943. The normalized spacial score (nSPS) is 13.3. The van der Waals surface area contributed by atoms with Crippen molar-refractivity contribution in [1.82, 2.24) is 5.32 Å². The summed E-state index contributed by atoms with van der Waals surface area (Å²) >= 11 is 5.35. The first-order valence-corrected chi connectivity index (χ1v) is 10.3. The van der Waals surface area contributed by atoms with E-state index in [4.69, 9.17) is 26.4 Å². The summed E-state index contributed by atoms with van der Waals surface area (Å²) in [6, 6.07) is 12.0. The van der Waals surface area contributed by atoms with Crippen LogP contribution in [0.1, 0.15) is 27.6 Å². The Morgan fingerprint density at radius 3 is 2.42 bits per heavy atom. The van der Waals surface area contributed by atoms with Gasteiger partial charge in [0.05, 0.1) is 43.9 Å². The maximum absolute atomic E-state index is 12.5. The smallest absolute Gasteiger partial charge is 0.337 e. The average Bonchev–Trinajstić information content (AvgIpc) is 2.79. The van der Waals surface area contributed by atoms with Gasteiger partial charge in [-0.2, -0.15) is 0 Å². The third kappa shape index (κ3) is 5.93. The Labute approximate surface area is 186 Å². The van der Waals surface area contributed by atoms with Crippen molar-refractivity contribution < 1.29 is 23.8 Å². The molecule has 1 saturated heterocycles. The number of nitrogens with zero attached hydrogens (tertiary/aromatic N) is 1. The highest BCUT2D eigenvalue weighted by Gasteiger charge is 2.18. The van der Waals surface area contributed by atoms with Gasteiger partial charge in [0.1, 0.15) is 5.75 Å². The molecule has 8 nitrogen and oxygen atoms in total. The van der Waals surface area contributed by atoms with Gasteiger partial charge in [-0.05, 0) is 61.6 Å². The Morgan fingerprint density at radius 2 is 1.77 bits per heavy atom. The first-order chi connectivity index (χ1) is 15.0. The van der Waals surface area contributed by atoms with Gasteiger partial charge in [-0.3, -0.25) is 10.1 Å². The van der Waals surface area contributed by atoms with E-state index in [-0.39, 0.29) is 11.0 Å². The van der Waals surface area contributed by atoms with Crippen molar-refractivity contribution in [1.29, 1.82) is 0 Å². The van der Waals surface area contributed by atoms with Crippen molar-refractivity contribution in [3.05, 3.63) is 53.6 Å². The van der Waals surface area contributed by atoms with E-state index in [2.05, 4.69) is 15.5 Å². The summed E-state index contributed by atoms with van der Waals surface area (Å²) in [6.45, 7) is 5.07. The summed E-state index contributed by atoms with van der Waals surface area (Å²) in [5.41, 5.74) is 2.28. The fourth-order valence-corrected chi connectivity index (χ4v) is 3.36. The lowest BCUT2D eigenvalue weighted by Gasteiger charge is -2.31. The highest BCUT2D eigenvalue weighted by molar-refractivity contribution is 7.80. The van der Waals surface area contributed by atoms with E-state index >= 15 is 0 Å². The van der Waals surface area contributed by atoms with Crippen molar-refractivity contribution in [3.8, 4) is 5.75 Å². The molecule has 1 fully saturated rings. The summed E-state index contributed by atoms with van der Waals surface area (Å²) < 4.78 is 15.6. The molecule has 0 radical (unpaired) electrons. The van der Waals surface area contributed by atoms with Gasteiger partial charge >= 0.3 is 5.97 Å². The molecule has 1 heterocycles. The van der Waals surface area contributed by atoms with Crippen LogP contribution in [0.4, 0.5) is 11.4 Å². The zero-order chi connectivity index (χ0) is 22.2. The summed E-state index contributed by atoms with van der Waals surface area (Å²) in [4.78, 5) is 26.7. The number of amides is 1. The number of thiocarbonyl (C=S) groups is 1. The molecule has 0 bridgehead atoms. The number of anilines is 2. The summed E-state index contributed by atoms with van der Waals surface area (Å²) in [5.74, 6) is -0.118. The molecule has 0 unspecified atom stereocenters. The van der Waals surface area contributed by atoms with E-state index in [9.17, 15) is 9.59 Å². The van der Waals surface area contributed by atoms with E-state index in [0.29, 0.717) is 55.5 Å². The van der Waals surface area contributed by atoms with Crippen LogP contribution in [0.3, 0.4) is 0 Å². The molecule has 0 aromatic heterocycles. The average molecular weight is 444 g/mol. The van der Waals surface area contributed by atoms with Crippen molar-refractivity contribution in [3.63, 3.8) is 0 Å². The highest BCUT2D eigenvalue weighted by Crippen LogP contribution is 2.28. The fourth-order valence-electron chi connectivity index (χ4n) is 3.16. The minimum absolute atomic E-state index is 0.121. The van der Waals surface area contributed by atoms with E-state index in [1.165, 1.54) is 7.11 Å². The molecule has 2 aromatic carbocycles. The van der Waals surface area contributed by atoms with Crippen molar-refractivity contribution in [2.45, 2.75) is 6.92 Å². The molecule has 1 aliphatic heterocycles. The van der Waals surface area contributed by atoms with Gasteiger partial charge in [0.15, 0.2) is 5.11 Å². The monoisotopic (exact) mass is 443 g/mol. The predicted molar refractivity (Wildman–Crippen MR) is 122 cm³/mol. The second-order valence-corrected chi connectivity index (χ2v) is 7.10. The van der Waals surface area contributed by atoms with E-state index in [1.54, 1.807) is 36.4 Å². The van der Waals surface area contributed by atoms with Gasteiger partial charge in [-0.25, -0.2) is 4.79 Å². The van der Waals surface area contributed by atoms with Crippen LogP contribution < -0.4 is 20.3 Å². The molecular formula is C22H25N3O5S. The summed E-state index contributed by atoms with van der Waals surface area (Å²) in [5, 5.41) is 5.84. The molecule has 31 heavy (non-hydrogen) atoms. The maximum Gasteiger partial charge on any atom is 0.337 e. The number of benzene rings is 2. The van der Waals surface area contributed by atoms with Crippen LogP contribution in [0.2, 0.25) is 0 Å². The van der Waals surface area contributed by atoms with Crippen LogP contribution in [-0.2, 0) is 9.47 Å². The minimum Gasteiger partial charge on any atom is -0.494 e. The summed E-state index contributed by atoms with van der Waals surface area (Å²) in [7, 11) is 1.33. The number of ether oxygens (including phenoxy) is 3. The van der Waals surface area contributed by atoms with Crippen LogP contribution in [0.5, 0.6) is 5.75 Å². The van der Waals surface area contributed by atoms with Crippen molar-refractivity contribution in [2.24, 2.45) is 0 Å². The van der Waals surface area contributed by atoms with Gasteiger partial charge < -0.3 is 24.4 Å². The SMILES string of the molecule is CCOc1ccc(C(=O)NC(=S)Nc2cc(C(=O)OC)ccc2N2CCOCC2)cc1. The zero-order valence-corrected chi connectivity index (χ0v) is 18.3. The number of carbonyl (C=O) groups is 2. The second-order valence-electron chi connectivity index (χ2n) is 6.69. The number of hydrogen-bond donors (Lipinski definition) is 2. The topological polar surface area (TPSA) is 89.1 Å². The van der Waals surface area contributed by atoms with Crippen LogP contribution in [0, 0.1) is 0 Å². The quantitative estimate of drug-likeness (QED) is 0.521. The first-order valence-electron chi connectivity index (χ1n) is 9.92. The number of morpholine rings is 1. The number of methoxy groups -OCH3 is 1. The van der Waals surface area contributed by atoms with Crippen LogP contribution >= 0.6 is 12.2 Å². The van der Waals surface area contributed by atoms with E-state index in [1.807, 2.05) is 13.0 Å². The maximum atomic E-state index is 12.5. The molecule has 1 amide bonds. The van der Waals surface area contributed by atoms with Gasteiger partial charge in [-0.1, -0.05) is 0 Å². The Morgan fingerprint density at radius 1 is 1.10 bits per heavy atom. The molecule has 3 rings (SSSR count). The Hall–Kier alpha value is -3.17. The Kier molecular flexibility index (Phi) is 7.80. The van der Waals surface area contributed by atoms with Gasteiger partial charge in [0.25, 0.3) is 5.91 Å². The van der Waals surface area contributed by atoms with Gasteiger partial charge in [0, 0.05) is 18.7 Å². The largest absolute Gasteiger partial charge is 0.494 e. The van der Waals surface area contributed by atoms with Crippen LogP contribution in [0.25, 0.3) is 0 Å². The number of carbonyl (C=O) groups excluding carboxylic acids is 2. The molecule has 1 aliphatic rings.